The van der Waals surface area contributed by atoms with E-state index in [2.05, 4.69) is 10.0 Å². The van der Waals surface area contributed by atoms with Crippen LogP contribution in [0.15, 0.2) is 0 Å². The van der Waals surface area contributed by atoms with Gasteiger partial charge in [-0.05, 0) is 70.9 Å². The zero-order valence-corrected chi connectivity index (χ0v) is 14.4. The van der Waals surface area contributed by atoms with E-state index in [0.717, 1.165) is 38.8 Å². The van der Waals surface area contributed by atoms with Gasteiger partial charge in [-0.25, -0.2) is 9.52 Å². The van der Waals surface area contributed by atoms with Crippen LogP contribution in [0.2, 0.25) is 0 Å². The van der Waals surface area contributed by atoms with Crippen molar-refractivity contribution in [2.75, 3.05) is 19.6 Å². The molecule has 8 heteroatoms. The molecule has 0 unspecified atom stereocenters. The van der Waals surface area contributed by atoms with Crippen LogP contribution in [-0.2, 0) is 14.9 Å². The van der Waals surface area contributed by atoms with Gasteiger partial charge in [0.15, 0.2) is 0 Å². The summed E-state index contributed by atoms with van der Waals surface area (Å²) in [7, 11) is -3.88. The molecule has 7 nitrogen and oxygen atoms in total. The lowest BCUT2D eigenvalue weighted by Crippen LogP contribution is -2.46. The van der Waals surface area contributed by atoms with Gasteiger partial charge in [0.05, 0.1) is 0 Å². The lowest BCUT2D eigenvalue weighted by Gasteiger charge is -2.31. The van der Waals surface area contributed by atoms with Crippen molar-refractivity contribution in [2.45, 2.75) is 52.1 Å². The molecule has 1 amide bonds. The monoisotopic (exact) mass is 333 g/mol. The minimum atomic E-state index is -3.88. The third-order valence-corrected chi connectivity index (χ3v) is 5.29. The van der Waals surface area contributed by atoms with Crippen molar-refractivity contribution in [2.24, 2.45) is 11.3 Å². The minimum Gasteiger partial charge on any atom is -0.443 e. The third-order valence-electron chi connectivity index (χ3n) is 4.33. The highest BCUT2D eigenvalue weighted by molar-refractivity contribution is 7.88. The minimum absolute atomic E-state index is 0.0742. The zero-order chi connectivity index (χ0) is 16.4. The number of hydrogen-bond donors (Lipinski definition) is 3. The molecule has 1 aliphatic carbocycles. The Kier molecular flexibility index (Phi) is 5.03. The average Bonchev–Trinajstić information content (AvgIpc) is 3.16. The fraction of sp³-hybridized carbons (Fsp3) is 0.929. The molecule has 1 heterocycles. The van der Waals surface area contributed by atoms with Gasteiger partial charge in [-0.15, -0.1) is 0 Å². The Labute approximate surface area is 132 Å². The average molecular weight is 333 g/mol. The van der Waals surface area contributed by atoms with E-state index in [1.807, 2.05) is 4.72 Å². The maximum Gasteiger partial charge on any atom is 0.422 e. The highest BCUT2D eigenvalue weighted by atomic mass is 32.2. The van der Waals surface area contributed by atoms with E-state index in [1.165, 1.54) is 0 Å². The third kappa shape index (κ3) is 5.10. The topological polar surface area (TPSA) is 96.5 Å². The number of ether oxygens (including phenoxy) is 1. The highest BCUT2D eigenvalue weighted by Gasteiger charge is 2.49. The molecule has 3 N–H and O–H groups in total. The summed E-state index contributed by atoms with van der Waals surface area (Å²) in [5, 5.41) is 3.32. The van der Waals surface area contributed by atoms with Crippen molar-refractivity contribution < 1.29 is 17.9 Å². The van der Waals surface area contributed by atoms with Gasteiger partial charge in [0.25, 0.3) is 0 Å². The molecule has 0 atom stereocenters. The van der Waals surface area contributed by atoms with Crippen LogP contribution in [0.5, 0.6) is 0 Å². The van der Waals surface area contributed by atoms with Crippen molar-refractivity contribution in [3.8, 4) is 0 Å². The Hall–Kier alpha value is -0.860. The zero-order valence-electron chi connectivity index (χ0n) is 13.6. The second-order valence-electron chi connectivity index (χ2n) is 7.32. The molecule has 2 fully saturated rings. The summed E-state index contributed by atoms with van der Waals surface area (Å²) in [6.45, 7) is 7.43. The Balaban J connectivity index is 1.83. The molecule has 1 saturated heterocycles. The predicted octanol–water partition coefficient (Wildman–Crippen LogP) is 1.13. The first-order chi connectivity index (χ1) is 10.1. The summed E-state index contributed by atoms with van der Waals surface area (Å²) >= 11 is 0. The molecule has 1 saturated carbocycles. The van der Waals surface area contributed by atoms with E-state index in [4.69, 9.17) is 4.74 Å². The summed E-state index contributed by atoms with van der Waals surface area (Å²) in [4.78, 5) is 11.6. The van der Waals surface area contributed by atoms with Crippen molar-refractivity contribution in [3.05, 3.63) is 0 Å². The molecular weight excluding hydrogens is 306 g/mol. The summed E-state index contributed by atoms with van der Waals surface area (Å²) in [5.74, 6) is 0.554. The van der Waals surface area contributed by atoms with Gasteiger partial charge in [-0.3, -0.25) is 0 Å². The van der Waals surface area contributed by atoms with Crippen LogP contribution < -0.4 is 14.8 Å². The van der Waals surface area contributed by atoms with Gasteiger partial charge in [-0.2, -0.15) is 13.1 Å². The van der Waals surface area contributed by atoms with Crippen molar-refractivity contribution in [1.82, 2.24) is 14.8 Å². The van der Waals surface area contributed by atoms with E-state index < -0.39 is 21.9 Å². The van der Waals surface area contributed by atoms with Gasteiger partial charge >= 0.3 is 16.3 Å². The van der Waals surface area contributed by atoms with Gasteiger partial charge in [0.1, 0.15) is 5.60 Å². The second kappa shape index (κ2) is 6.33. The first-order valence-electron chi connectivity index (χ1n) is 7.83. The highest BCUT2D eigenvalue weighted by Crippen LogP contribution is 2.54. The summed E-state index contributed by atoms with van der Waals surface area (Å²) < 4.78 is 33.3. The molecule has 0 spiro atoms. The number of amides is 1. The van der Waals surface area contributed by atoms with E-state index in [1.54, 1.807) is 20.8 Å². The quantitative estimate of drug-likeness (QED) is 0.701. The molecule has 128 valence electrons. The van der Waals surface area contributed by atoms with E-state index >= 15 is 0 Å². The number of piperidine rings is 1. The van der Waals surface area contributed by atoms with Crippen LogP contribution in [0, 0.1) is 11.3 Å². The predicted molar refractivity (Wildman–Crippen MR) is 83.6 cm³/mol. The molecule has 2 aliphatic rings. The van der Waals surface area contributed by atoms with Gasteiger partial charge < -0.3 is 10.1 Å². The second-order valence-corrected chi connectivity index (χ2v) is 8.81. The van der Waals surface area contributed by atoms with Crippen LogP contribution in [0.25, 0.3) is 0 Å². The fourth-order valence-electron chi connectivity index (χ4n) is 3.01. The van der Waals surface area contributed by atoms with Crippen LogP contribution in [0.3, 0.4) is 0 Å². The van der Waals surface area contributed by atoms with Crippen molar-refractivity contribution in [1.29, 1.82) is 0 Å². The smallest absolute Gasteiger partial charge is 0.422 e. The van der Waals surface area contributed by atoms with Crippen LogP contribution in [0.1, 0.15) is 46.5 Å². The maximum absolute atomic E-state index is 11.9. The largest absolute Gasteiger partial charge is 0.443 e. The summed E-state index contributed by atoms with van der Waals surface area (Å²) in [6, 6.07) is 0. The molecule has 0 aromatic carbocycles. The number of rotatable bonds is 5. The lowest BCUT2D eigenvalue weighted by molar-refractivity contribution is 0.0569. The van der Waals surface area contributed by atoms with Gasteiger partial charge in [0, 0.05) is 6.54 Å². The van der Waals surface area contributed by atoms with Crippen LogP contribution in [0.4, 0.5) is 4.79 Å². The molecule has 22 heavy (non-hydrogen) atoms. The Bertz CT molecular complexity index is 503. The van der Waals surface area contributed by atoms with Gasteiger partial charge in [-0.1, -0.05) is 0 Å². The maximum atomic E-state index is 11.9. The normalized spacial score (nSPS) is 22.1. The SMILES string of the molecule is CC(C)(C)OC(=O)NS(=O)(=O)NCC1(C2CCNCC2)CC1. The number of carbonyl (C=O) groups is 1. The number of carbonyl (C=O) groups excluding carboxylic acids is 1. The van der Waals surface area contributed by atoms with E-state index in [0.29, 0.717) is 12.5 Å². The van der Waals surface area contributed by atoms with E-state index in [9.17, 15) is 13.2 Å². The van der Waals surface area contributed by atoms with Crippen LogP contribution in [-0.4, -0.2) is 39.7 Å². The fourth-order valence-corrected chi connectivity index (χ4v) is 3.82. The molecule has 0 aromatic heterocycles. The Morgan fingerprint density at radius 3 is 2.36 bits per heavy atom. The van der Waals surface area contributed by atoms with Crippen LogP contribution >= 0.6 is 0 Å². The first kappa shape index (κ1) is 17.5. The number of nitrogens with one attached hydrogen (secondary N) is 3. The molecule has 2 rings (SSSR count). The molecule has 1 aliphatic heterocycles. The Morgan fingerprint density at radius 2 is 1.86 bits per heavy atom. The van der Waals surface area contributed by atoms with E-state index in [-0.39, 0.29) is 5.41 Å². The first-order valence-corrected chi connectivity index (χ1v) is 9.31. The standard InChI is InChI=1S/C14H27N3O4S/c1-13(2,3)21-12(18)17-22(19,20)16-10-14(6-7-14)11-4-8-15-9-5-11/h11,15-16H,4-10H2,1-3H3,(H,17,18). The number of hydrogen-bond acceptors (Lipinski definition) is 5. The van der Waals surface area contributed by atoms with Crippen molar-refractivity contribution in [3.63, 3.8) is 0 Å². The van der Waals surface area contributed by atoms with Crippen molar-refractivity contribution >= 4 is 16.3 Å². The molecular formula is C14H27N3O4S. The summed E-state index contributed by atoms with van der Waals surface area (Å²) in [6.07, 6.45) is 3.31. The molecule has 0 aromatic rings. The van der Waals surface area contributed by atoms with Gasteiger partial charge in [0.2, 0.25) is 0 Å². The summed E-state index contributed by atoms with van der Waals surface area (Å²) in [5.41, 5.74) is -0.656. The Morgan fingerprint density at radius 1 is 1.27 bits per heavy atom. The molecule has 0 bridgehead atoms. The molecule has 0 radical (unpaired) electrons. The lowest BCUT2D eigenvalue weighted by atomic mass is 9.82.